The second-order valence-corrected chi connectivity index (χ2v) is 4.98. The average molecular weight is 319 g/mol. The molecule has 0 saturated carbocycles. The number of benzene rings is 1. The molecule has 0 atom stereocenters. The highest BCUT2D eigenvalue weighted by atomic mass is 35.5. The molecule has 114 valence electrons. The van der Waals surface area contributed by atoms with E-state index in [1.54, 1.807) is 0 Å². The number of rotatable bonds is 2. The molecule has 1 N–H and O–H groups in total. The average Bonchev–Trinajstić information content (AvgIpc) is 2.49. The van der Waals surface area contributed by atoms with E-state index in [0.29, 0.717) is 0 Å². The van der Waals surface area contributed by atoms with E-state index >= 15 is 0 Å². The van der Waals surface area contributed by atoms with Gasteiger partial charge in [-0.3, -0.25) is 9.59 Å². The van der Waals surface area contributed by atoms with Crippen molar-refractivity contribution in [3.05, 3.63) is 34.4 Å². The number of piperazine rings is 1. The molecule has 0 spiro atoms. The lowest BCUT2D eigenvalue weighted by molar-refractivity contribution is -0.135. The molecule has 1 aliphatic heterocycles. The standard InChI is InChI=1S/C13H13ClF2N2O3/c14-9-6-11(16)10(15)5-8(9)13(21)18-3-1-17(2-4-18)12(20)7-19/h5-6,19H,1-4,7H2. The normalized spacial score (nSPS) is 15.2. The lowest BCUT2D eigenvalue weighted by atomic mass is 10.1. The summed E-state index contributed by atoms with van der Waals surface area (Å²) in [5, 5.41) is 8.61. The van der Waals surface area contributed by atoms with Crippen molar-refractivity contribution in [2.75, 3.05) is 32.8 Å². The molecular weight excluding hydrogens is 306 g/mol. The molecule has 5 nitrogen and oxygen atoms in total. The van der Waals surface area contributed by atoms with Crippen LogP contribution in [-0.2, 0) is 4.79 Å². The Bertz CT molecular complexity index is 575. The van der Waals surface area contributed by atoms with Crippen molar-refractivity contribution in [2.24, 2.45) is 0 Å². The fraction of sp³-hybridized carbons (Fsp3) is 0.385. The van der Waals surface area contributed by atoms with Gasteiger partial charge < -0.3 is 14.9 Å². The number of carbonyl (C=O) groups excluding carboxylic acids is 2. The van der Waals surface area contributed by atoms with Gasteiger partial charge in [0.2, 0.25) is 5.91 Å². The first-order chi connectivity index (χ1) is 9.93. The van der Waals surface area contributed by atoms with Crippen LogP contribution in [0.1, 0.15) is 10.4 Å². The largest absolute Gasteiger partial charge is 0.387 e. The number of hydrogen-bond donors (Lipinski definition) is 1. The van der Waals surface area contributed by atoms with Crippen molar-refractivity contribution in [2.45, 2.75) is 0 Å². The Balaban J connectivity index is 2.09. The smallest absolute Gasteiger partial charge is 0.255 e. The Morgan fingerprint density at radius 1 is 1.10 bits per heavy atom. The molecule has 0 bridgehead atoms. The predicted octanol–water partition coefficient (Wildman–Crippen LogP) is 0.895. The first kappa shape index (κ1) is 15.7. The fourth-order valence-electron chi connectivity index (χ4n) is 2.12. The number of carbonyl (C=O) groups is 2. The van der Waals surface area contributed by atoms with E-state index in [4.69, 9.17) is 16.7 Å². The van der Waals surface area contributed by atoms with Gasteiger partial charge in [0.15, 0.2) is 11.6 Å². The van der Waals surface area contributed by atoms with Gasteiger partial charge in [-0.1, -0.05) is 11.6 Å². The van der Waals surface area contributed by atoms with Crippen LogP contribution in [0.5, 0.6) is 0 Å². The topological polar surface area (TPSA) is 60.9 Å². The summed E-state index contributed by atoms with van der Waals surface area (Å²) in [5.41, 5.74) is -0.113. The summed E-state index contributed by atoms with van der Waals surface area (Å²) in [6.07, 6.45) is 0. The van der Waals surface area contributed by atoms with E-state index in [2.05, 4.69) is 0 Å². The van der Waals surface area contributed by atoms with Gasteiger partial charge >= 0.3 is 0 Å². The Labute approximate surface area is 124 Å². The second kappa shape index (κ2) is 6.36. The monoisotopic (exact) mass is 318 g/mol. The van der Waals surface area contributed by atoms with E-state index in [0.717, 1.165) is 12.1 Å². The molecule has 0 aromatic heterocycles. The summed E-state index contributed by atoms with van der Waals surface area (Å²) >= 11 is 5.77. The number of halogens is 3. The molecule has 0 unspecified atom stereocenters. The zero-order chi connectivity index (χ0) is 15.6. The van der Waals surface area contributed by atoms with Crippen LogP contribution in [0, 0.1) is 11.6 Å². The maximum Gasteiger partial charge on any atom is 0.255 e. The van der Waals surface area contributed by atoms with Crippen molar-refractivity contribution >= 4 is 23.4 Å². The molecule has 1 heterocycles. The Morgan fingerprint density at radius 3 is 2.19 bits per heavy atom. The molecular formula is C13H13ClF2N2O3. The Kier molecular flexibility index (Phi) is 4.74. The number of hydrogen-bond acceptors (Lipinski definition) is 3. The summed E-state index contributed by atoms with van der Waals surface area (Å²) in [6.45, 7) is 0.432. The van der Waals surface area contributed by atoms with Crippen molar-refractivity contribution in [1.29, 1.82) is 0 Å². The van der Waals surface area contributed by atoms with Crippen LogP contribution in [0.4, 0.5) is 8.78 Å². The van der Waals surface area contributed by atoms with Gasteiger partial charge in [0.25, 0.3) is 5.91 Å². The Morgan fingerprint density at radius 2 is 1.62 bits per heavy atom. The third kappa shape index (κ3) is 3.30. The SMILES string of the molecule is O=C(CO)N1CCN(C(=O)c2cc(F)c(F)cc2Cl)CC1. The van der Waals surface area contributed by atoms with Crippen LogP contribution < -0.4 is 0 Å². The minimum absolute atomic E-state index is 0.113. The van der Waals surface area contributed by atoms with Crippen molar-refractivity contribution < 1.29 is 23.5 Å². The third-order valence-electron chi connectivity index (χ3n) is 3.30. The second-order valence-electron chi connectivity index (χ2n) is 4.58. The fourth-order valence-corrected chi connectivity index (χ4v) is 2.35. The number of aliphatic hydroxyl groups excluding tert-OH is 1. The number of aliphatic hydroxyl groups is 1. The van der Waals surface area contributed by atoms with Crippen LogP contribution in [0.3, 0.4) is 0 Å². The maximum absolute atomic E-state index is 13.2. The zero-order valence-electron chi connectivity index (χ0n) is 11.0. The maximum atomic E-state index is 13.2. The van der Waals surface area contributed by atoms with E-state index in [1.165, 1.54) is 9.80 Å². The van der Waals surface area contributed by atoms with Crippen LogP contribution in [0.25, 0.3) is 0 Å². The molecule has 0 radical (unpaired) electrons. The third-order valence-corrected chi connectivity index (χ3v) is 3.61. The van der Waals surface area contributed by atoms with E-state index in [1.807, 2.05) is 0 Å². The van der Waals surface area contributed by atoms with Gasteiger partial charge in [0.1, 0.15) is 6.61 Å². The predicted molar refractivity (Wildman–Crippen MR) is 70.9 cm³/mol. The van der Waals surface area contributed by atoms with Crippen LogP contribution in [-0.4, -0.2) is 59.5 Å². The van der Waals surface area contributed by atoms with Crippen LogP contribution in [0.15, 0.2) is 12.1 Å². The highest BCUT2D eigenvalue weighted by Crippen LogP contribution is 2.22. The summed E-state index contributed by atoms with van der Waals surface area (Å²) in [5.74, 6) is -3.19. The van der Waals surface area contributed by atoms with Gasteiger partial charge in [-0.05, 0) is 12.1 Å². The molecule has 1 saturated heterocycles. The summed E-state index contributed by atoms with van der Waals surface area (Å²) in [4.78, 5) is 26.4. The number of amides is 2. The molecule has 21 heavy (non-hydrogen) atoms. The van der Waals surface area contributed by atoms with Gasteiger partial charge in [-0.2, -0.15) is 0 Å². The van der Waals surface area contributed by atoms with E-state index in [-0.39, 0.29) is 36.8 Å². The molecule has 1 aromatic rings. The summed E-state index contributed by atoms with van der Waals surface area (Å²) in [7, 11) is 0. The summed E-state index contributed by atoms with van der Waals surface area (Å²) in [6, 6.07) is 1.53. The molecule has 2 rings (SSSR count). The highest BCUT2D eigenvalue weighted by molar-refractivity contribution is 6.33. The minimum atomic E-state index is -1.14. The summed E-state index contributed by atoms with van der Waals surface area (Å²) < 4.78 is 26.2. The van der Waals surface area contributed by atoms with E-state index in [9.17, 15) is 18.4 Å². The van der Waals surface area contributed by atoms with Crippen molar-refractivity contribution in [3.8, 4) is 0 Å². The molecule has 1 aliphatic rings. The molecule has 0 aliphatic carbocycles. The zero-order valence-corrected chi connectivity index (χ0v) is 11.7. The van der Waals surface area contributed by atoms with Gasteiger partial charge in [0.05, 0.1) is 10.6 Å². The number of nitrogens with zero attached hydrogens (tertiary/aromatic N) is 2. The lowest BCUT2D eigenvalue weighted by Gasteiger charge is -2.34. The molecule has 2 amide bonds. The lowest BCUT2D eigenvalue weighted by Crippen LogP contribution is -2.51. The van der Waals surface area contributed by atoms with Crippen LogP contribution in [0.2, 0.25) is 5.02 Å². The van der Waals surface area contributed by atoms with Crippen LogP contribution >= 0.6 is 11.6 Å². The highest BCUT2D eigenvalue weighted by Gasteiger charge is 2.26. The molecule has 1 fully saturated rings. The quantitative estimate of drug-likeness (QED) is 0.824. The van der Waals surface area contributed by atoms with E-state index < -0.39 is 30.1 Å². The van der Waals surface area contributed by atoms with Crippen molar-refractivity contribution in [1.82, 2.24) is 9.80 Å². The van der Waals surface area contributed by atoms with Crippen molar-refractivity contribution in [3.63, 3.8) is 0 Å². The molecule has 8 heteroatoms. The molecule has 1 aromatic carbocycles. The van der Waals surface area contributed by atoms with Gasteiger partial charge in [0, 0.05) is 26.2 Å². The first-order valence-corrected chi connectivity index (χ1v) is 6.64. The first-order valence-electron chi connectivity index (χ1n) is 6.26. The minimum Gasteiger partial charge on any atom is -0.387 e. The Hall–Kier alpha value is -1.73. The van der Waals surface area contributed by atoms with Gasteiger partial charge in [-0.15, -0.1) is 0 Å². The van der Waals surface area contributed by atoms with Gasteiger partial charge in [-0.25, -0.2) is 8.78 Å².